The fourth-order valence-electron chi connectivity index (χ4n) is 4.29. The van der Waals surface area contributed by atoms with Crippen molar-refractivity contribution < 1.29 is 4.79 Å². The molecule has 0 unspecified atom stereocenters. The van der Waals surface area contributed by atoms with E-state index in [2.05, 4.69) is 46.5 Å². The van der Waals surface area contributed by atoms with Gasteiger partial charge in [0.25, 0.3) is 0 Å². The zero-order chi connectivity index (χ0) is 24.5. The molecule has 6 rings (SSSR count). The molecule has 0 radical (unpaired) electrons. The molecule has 6 heterocycles. The summed E-state index contributed by atoms with van der Waals surface area (Å²) in [7, 11) is 0. The van der Waals surface area contributed by atoms with Crippen LogP contribution >= 0.6 is 0 Å². The van der Waals surface area contributed by atoms with Crippen LogP contribution in [0.15, 0.2) is 73.6 Å². The molecule has 36 heavy (non-hydrogen) atoms. The van der Waals surface area contributed by atoms with Crippen LogP contribution in [0.3, 0.4) is 0 Å². The highest BCUT2D eigenvalue weighted by atomic mass is 16.1. The van der Waals surface area contributed by atoms with Crippen LogP contribution in [-0.4, -0.2) is 41.0 Å². The van der Waals surface area contributed by atoms with Crippen molar-refractivity contribution in [3.05, 3.63) is 73.6 Å². The minimum atomic E-state index is -0.0273. The minimum absolute atomic E-state index is 0.0273. The number of aromatic nitrogens is 7. The van der Waals surface area contributed by atoms with Crippen molar-refractivity contribution in [1.29, 1.82) is 0 Å². The summed E-state index contributed by atoms with van der Waals surface area (Å²) in [6.07, 6.45) is 11.8. The Balaban J connectivity index is 1.40. The third-order valence-electron chi connectivity index (χ3n) is 5.99. The SMILES string of the molecule is CCCC(=O)Nc1cncc(-c2cnc3[nH]nc(-c4cc5c(-c6ccccn6)cncc5[nH]4)c3c2)c1. The maximum atomic E-state index is 12.0. The van der Waals surface area contributed by atoms with Gasteiger partial charge in [0.2, 0.25) is 5.91 Å². The summed E-state index contributed by atoms with van der Waals surface area (Å²) in [6, 6.07) is 11.8. The molecule has 176 valence electrons. The summed E-state index contributed by atoms with van der Waals surface area (Å²) in [5.74, 6) is -0.0273. The van der Waals surface area contributed by atoms with E-state index in [9.17, 15) is 4.79 Å². The third kappa shape index (κ3) is 3.96. The van der Waals surface area contributed by atoms with E-state index < -0.39 is 0 Å². The molecule has 0 atom stereocenters. The standard InChI is InChI=1S/C27H22N8O/c1-2-5-25(36)32-18-8-16(11-28-13-18)17-9-20-26(34-35-27(20)31-12-17)23-10-19-21(14-29-15-24(19)33-23)22-6-3-4-7-30-22/h3-4,6-15,33H,2,5H2,1H3,(H,32,36)(H,31,34,35). The van der Waals surface area contributed by atoms with Crippen LogP contribution in [0.5, 0.6) is 0 Å². The van der Waals surface area contributed by atoms with Gasteiger partial charge in [0, 0.05) is 58.7 Å². The molecule has 0 saturated carbocycles. The van der Waals surface area contributed by atoms with Crippen LogP contribution in [0.25, 0.3) is 55.7 Å². The lowest BCUT2D eigenvalue weighted by Gasteiger charge is -2.07. The quantitative estimate of drug-likeness (QED) is 0.298. The summed E-state index contributed by atoms with van der Waals surface area (Å²) < 4.78 is 0. The lowest BCUT2D eigenvalue weighted by molar-refractivity contribution is -0.116. The monoisotopic (exact) mass is 474 g/mol. The lowest BCUT2D eigenvalue weighted by Crippen LogP contribution is -2.10. The molecule has 0 aromatic carbocycles. The lowest BCUT2D eigenvalue weighted by atomic mass is 10.1. The van der Waals surface area contributed by atoms with Crippen LogP contribution in [0, 0.1) is 0 Å². The van der Waals surface area contributed by atoms with Gasteiger partial charge in [-0.2, -0.15) is 5.10 Å². The van der Waals surface area contributed by atoms with Crippen molar-refractivity contribution in [3.63, 3.8) is 0 Å². The van der Waals surface area contributed by atoms with Crippen LogP contribution in [-0.2, 0) is 4.79 Å². The number of pyridine rings is 4. The van der Waals surface area contributed by atoms with E-state index in [-0.39, 0.29) is 5.91 Å². The highest BCUT2D eigenvalue weighted by Gasteiger charge is 2.16. The topological polar surface area (TPSA) is 125 Å². The number of nitrogens with zero attached hydrogens (tertiary/aromatic N) is 5. The Morgan fingerprint density at radius 1 is 0.944 bits per heavy atom. The van der Waals surface area contributed by atoms with Gasteiger partial charge >= 0.3 is 0 Å². The van der Waals surface area contributed by atoms with Gasteiger partial charge in [0.15, 0.2) is 5.65 Å². The molecule has 1 amide bonds. The number of carbonyl (C=O) groups excluding carboxylic acids is 1. The van der Waals surface area contributed by atoms with Crippen molar-refractivity contribution in [2.45, 2.75) is 19.8 Å². The van der Waals surface area contributed by atoms with Crippen molar-refractivity contribution >= 4 is 33.5 Å². The Morgan fingerprint density at radius 2 is 1.83 bits per heavy atom. The first-order valence-corrected chi connectivity index (χ1v) is 11.7. The predicted octanol–water partition coefficient (Wildman–Crippen LogP) is 5.36. The molecule has 9 nitrogen and oxygen atoms in total. The smallest absolute Gasteiger partial charge is 0.224 e. The molecule has 6 aromatic heterocycles. The van der Waals surface area contributed by atoms with Gasteiger partial charge < -0.3 is 10.3 Å². The molecule has 6 aromatic rings. The number of carbonyl (C=O) groups is 1. The van der Waals surface area contributed by atoms with Gasteiger partial charge in [-0.25, -0.2) is 4.98 Å². The van der Waals surface area contributed by atoms with Crippen LogP contribution in [0.4, 0.5) is 5.69 Å². The Labute approximate surface area is 206 Å². The van der Waals surface area contributed by atoms with E-state index in [4.69, 9.17) is 0 Å². The van der Waals surface area contributed by atoms with Crippen molar-refractivity contribution in [2.75, 3.05) is 5.32 Å². The molecular formula is C27H22N8O. The van der Waals surface area contributed by atoms with Crippen LogP contribution < -0.4 is 5.32 Å². The fourth-order valence-corrected chi connectivity index (χ4v) is 4.29. The Hall–Kier alpha value is -4.92. The van der Waals surface area contributed by atoms with E-state index in [1.54, 1.807) is 31.0 Å². The van der Waals surface area contributed by atoms with Crippen molar-refractivity contribution in [3.8, 4) is 33.8 Å². The van der Waals surface area contributed by atoms with E-state index in [0.29, 0.717) is 17.8 Å². The zero-order valence-corrected chi connectivity index (χ0v) is 19.5. The van der Waals surface area contributed by atoms with Gasteiger partial charge in [-0.1, -0.05) is 13.0 Å². The van der Waals surface area contributed by atoms with Crippen LogP contribution in [0.2, 0.25) is 0 Å². The molecular weight excluding hydrogens is 452 g/mol. The molecule has 0 aliphatic heterocycles. The molecule has 0 fully saturated rings. The molecule has 0 aliphatic rings. The molecule has 0 aliphatic carbocycles. The predicted molar refractivity (Wildman–Crippen MR) is 139 cm³/mol. The summed E-state index contributed by atoms with van der Waals surface area (Å²) in [5.41, 5.74) is 7.35. The Bertz CT molecular complexity index is 1700. The number of H-pyrrole nitrogens is 2. The number of amides is 1. The van der Waals surface area contributed by atoms with Gasteiger partial charge in [-0.3, -0.25) is 24.8 Å². The fraction of sp³-hybridized carbons (Fsp3) is 0.111. The van der Waals surface area contributed by atoms with E-state index >= 15 is 0 Å². The summed E-state index contributed by atoms with van der Waals surface area (Å²) in [5, 5.41) is 12.4. The minimum Gasteiger partial charge on any atom is -0.352 e. The molecule has 9 heteroatoms. The second kappa shape index (κ2) is 9.03. The van der Waals surface area contributed by atoms with Crippen LogP contribution in [0.1, 0.15) is 19.8 Å². The van der Waals surface area contributed by atoms with Gasteiger partial charge in [-0.15, -0.1) is 0 Å². The Morgan fingerprint density at radius 3 is 2.69 bits per heavy atom. The third-order valence-corrected chi connectivity index (χ3v) is 5.99. The molecule has 3 N–H and O–H groups in total. The van der Waals surface area contributed by atoms with Gasteiger partial charge in [-0.05, 0) is 36.8 Å². The van der Waals surface area contributed by atoms with Gasteiger partial charge in [0.05, 0.1) is 35.0 Å². The number of hydrogen-bond acceptors (Lipinski definition) is 6. The van der Waals surface area contributed by atoms with E-state index in [1.807, 2.05) is 43.5 Å². The number of fused-ring (bicyclic) bond motifs is 2. The second-order valence-electron chi connectivity index (χ2n) is 8.50. The number of aromatic amines is 2. The number of anilines is 1. The molecule has 0 saturated heterocycles. The highest BCUT2D eigenvalue weighted by molar-refractivity contribution is 6.00. The summed E-state index contributed by atoms with van der Waals surface area (Å²) >= 11 is 0. The largest absolute Gasteiger partial charge is 0.352 e. The van der Waals surface area contributed by atoms with E-state index in [0.717, 1.165) is 56.5 Å². The average molecular weight is 475 g/mol. The van der Waals surface area contributed by atoms with E-state index in [1.165, 1.54) is 0 Å². The van der Waals surface area contributed by atoms with Crippen molar-refractivity contribution in [1.82, 2.24) is 35.1 Å². The zero-order valence-electron chi connectivity index (χ0n) is 19.5. The normalized spacial score (nSPS) is 11.2. The van der Waals surface area contributed by atoms with Crippen molar-refractivity contribution in [2.24, 2.45) is 0 Å². The second-order valence-corrected chi connectivity index (χ2v) is 8.50. The summed E-state index contributed by atoms with van der Waals surface area (Å²) in [4.78, 5) is 33.2. The summed E-state index contributed by atoms with van der Waals surface area (Å²) in [6.45, 7) is 1.97. The number of nitrogens with one attached hydrogen (secondary N) is 3. The first-order valence-electron chi connectivity index (χ1n) is 11.7. The Kier molecular flexibility index (Phi) is 5.42. The highest BCUT2D eigenvalue weighted by Crippen LogP contribution is 2.33. The maximum Gasteiger partial charge on any atom is 0.224 e. The maximum absolute atomic E-state index is 12.0. The first kappa shape index (κ1) is 21.6. The average Bonchev–Trinajstić information content (AvgIpc) is 3.53. The number of rotatable bonds is 6. The molecule has 0 spiro atoms. The first-order chi connectivity index (χ1) is 17.7. The number of hydrogen-bond donors (Lipinski definition) is 3. The van der Waals surface area contributed by atoms with Gasteiger partial charge in [0.1, 0.15) is 5.69 Å². The molecule has 0 bridgehead atoms.